The number of benzene rings is 1. The largest absolute Gasteiger partial charge is 0.416 e. The maximum absolute atomic E-state index is 12.7. The van der Waals surface area contributed by atoms with E-state index in [0.717, 1.165) is 18.7 Å². The van der Waals surface area contributed by atoms with Crippen molar-refractivity contribution in [1.29, 1.82) is 0 Å². The summed E-state index contributed by atoms with van der Waals surface area (Å²) in [6.07, 6.45) is -3.91. The minimum Gasteiger partial charge on any atom is -0.299 e. The Balaban J connectivity index is 2.15. The molecule has 22 heavy (non-hydrogen) atoms. The molecule has 1 unspecified atom stereocenters. The van der Waals surface area contributed by atoms with E-state index < -0.39 is 21.8 Å². The van der Waals surface area contributed by atoms with Gasteiger partial charge >= 0.3 is 6.18 Å². The summed E-state index contributed by atoms with van der Waals surface area (Å²) in [5, 5.41) is 0. The minimum absolute atomic E-state index is 0.276. The fraction of sp³-hybridized carbons (Fsp3) is 0.571. The maximum atomic E-state index is 12.7. The van der Waals surface area contributed by atoms with Crippen LogP contribution in [-0.2, 0) is 16.2 Å². The summed E-state index contributed by atoms with van der Waals surface area (Å²) >= 11 is 0. The highest BCUT2D eigenvalue weighted by molar-refractivity contribution is 7.89. The number of hydrogen-bond acceptors (Lipinski definition) is 3. The smallest absolute Gasteiger partial charge is 0.299 e. The third-order valence-electron chi connectivity index (χ3n) is 3.74. The van der Waals surface area contributed by atoms with E-state index in [1.54, 1.807) is 0 Å². The van der Waals surface area contributed by atoms with Gasteiger partial charge in [0.25, 0.3) is 0 Å². The second-order valence-electron chi connectivity index (χ2n) is 5.72. The van der Waals surface area contributed by atoms with E-state index >= 15 is 0 Å². The van der Waals surface area contributed by atoms with Crippen molar-refractivity contribution in [3.8, 4) is 0 Å². The quantitative estimate of drug-likeness (QED) is 0.919. The van der Waals surface area contributed by atoms with E-state index in [4.69, 9.17) is 0 Å². The monoisotopic (exact) mass is 336 g/mol. The molecule has 1 N–H and O–H groups in total. The summed E-state index contributed by atoms with van der Waals surface area (Å²) in [4.78, 5) is 1.77. The Kier molecular flexibility index (Phi) is 4.84. The molecule has 1 aliphatic rings. The Morgan fingerprint density at radius 2 is 2.00 bits per heavy atom. The molecule has 2 rings (SSSR count). The number of sulfonamides is 1. The van der Waals surface area contributed by atoms with Gasteiger partial charge in [-0.15, -0.1) is 0 Å². The molecule has 1 aliphatic heterocycles. The molecule has 0 bridgehead atoms. The average Bonchev–Trinajstić information content (AvgIpc) is 2.86. The number of rotatable bonds is 4. The van der Waals surface area contributed by atoms with Crippen LogP contribution in [0, 0.1) is 0 Å². The van der Waals surface area contributed by atoms with E-state index in [2.05, 4.69) is 9.62 Å². The van der Waals surface area contributed by atoms with Gasteiger partial charge in [0.1, 0.15) is 0 Å². The molecule has 1 fully saturated rings. The molecule has 124 valence electrons. The first-order chi connectivity index (χ1) is 10.1. The normalized spacial score (nSPS) is 20.7. The molecule has 0 amide bonds. The first kappa shape index (κ1) is 17.2. The first-order valence-corrected chi connectivity index (χ1v) is 8.51. The Morgan fingerprint density at radius 3 is 2.55 bits per heavy atom. The molecule has 4 nitrogen and oxygen atoms in total. The maximum Gasteiger partial charge on any atom is 0.416 e. The zero-order valence-corrected chi connectivity index (χ0v) is 13.2. The lowest BCUT2D eigenvalue weighted by Crippen LogP contribution is -2.38. The highest BCUT2D eigenvalue weighted by Gasteiger charge is 2.33. The lowest BCUT2D eigenvalue weighted by molar-refractivity contribution is -0.137. The second kappa shape index (κ2) is 6.17. The van der Waals surface area contributed by atoms with Crippen molar-refractivity contribution in [2.45, 2.75) is 43.4 Å². The molecule has 8 heteroatoms. The molecule has 1 saturated heterocycles. The van der Waals surface area contributed by atoms with Crippen LogP contribution in [0.3, 0.4) is 0 Å². The molecule has 1 aromatic rings. The number of likely N-dealkylation sites (tertiary alicyclic amines) is 1. The van der Waals surface area contributed by atoms with Gasteiger partial charge in [0, 0.05) is 25.2 Å². The highest BCUT2D eigenvalue weighted by atomic mass is 32.2. The third kappa shape index (κ3) is 3.99. The number of nitrogens with one attached hydrogen (secondary N) is 1. The average molecular weight is 336 g/mol. The van der Waals surface area contributed by atoms with E-state index in [-0.39, 0.29) is 10.9 Å². The second-order valence-corrected chi connectivity index (χ2v) is 7.44. The van der Waals surface area contributed by atoms with Gasteiger partial charge < -0.3 is 0 Å². The molecule has 0 radical (unpaired) electrons. The van der Waals surface area contributed by atoms with Gasteiger partial charge in [-0.1, -0.05) is 6.07 Å². The Labute approximate surface area is 128 Å². The number of alkyl halides is 3. The summed E-state index contributed by atoms with van der Waals surface area (Å²) in [5.74, 6) is 0. The number of hydrogen-bond donors (Lipinski definition) is 1. The van der Waals surface area contributed by atoms with Crippen LogP contribution >= 0.6 is 0 Å². The third-order valence-corrected chi connectivity index (χ3v) is 5.26. The standard InChI is InChI=1S/C14H19F3N2O2S/c1-10(2)19-7-6-12(9-19)18-22(20,21)13-5-3-4-11(8-13)14(15,16)17/h3-5,8,10,12,18H,6-7,9H2,1-2H3. The number of halogens is 3. The van der Waals surface area contributed by atoms with Crippen LogP contribution in [0.1, 0.15) is 25.8 Å². The summed E-state index contributed by atoms with van der Waals surface area (Å²) in [7, 11) is -3.95. The lowest BCUT2D eigenvalue weighted by atomic mass is 10.2. The van der Waals surface area contributed by atoms with Gasteiger partial charge in [0.05, 0.1) is 10.5 Å². The van der Waals surface area contributed by atoms with Crippen molar-refractivity contribution in [2.24, 2.45) is 0 Å². The molecular formula is C14H19F3N2O2S. The van der Waals surface area contributed by atoms with Crippen LogP contribution in [0.2, 0.25) is 0 Å². The van der Waals surface area contributed by atoms with Gasteiger partial charge in [0.15, 0.2) is 0 Å². The Hall–Kier alpha value is -1.12. The van der Waals surface area contributed by atoms with Gasteiger partial charge in [-0.2, -0.15) is 13.2 Å². The molecule has 0 spiro atoms. The minimum atomic E-state index is -4.56. The van der Waals surface area contributed by atoms with Gasteiger partial charge in [-0.25, -0.2) is 13.1 Å². The van der Waals surface area contributed by atoms with Crippen molar-refractivity contribution in [1.82, 2.24) is 9.62 Å². The highest BCUT2D eigenvalue weighted by Crippen LogP contribution is 2.30. The van der Waals surface area contributed by atoms with Crippen LogP contribution in [0.15, 0.2) is 29.2 Å². The van der Waals surface area contributed by atoms with E-state index in [1.165, 1.54) is 6.07 Å². The number of nitrogens with zero attached hydrogens (tertiary/aromatic N) is 1. The van der Waals surface area contributed by atoms with Gasteiger partial charge in [-0.3, -0.25) is 4.90 Å². The van der Waals surface area contributed by atoms with Crippen molar-refractivity contribution < 1.29 is 21.6 Å². The predicted octanol–water partition coefficient (Wildman–Crippen LogP) is 2.47. The van der Waals surface area contributed by atoms with Crippen LogP contribution < -0.4 is 4.72 Å². The molecule has 0 aromatic heterocycles. The van der Waals surface area contributed by atoms with Crippen molar-refractivity contribution in [3.05, 3.63) is 29.8 Å². The summed E-state index contributed by atoms with van der Waals surface area (Å²) in [6.45, 7) is 5.37. The van der Waals surface area contributed by atoms with E-state index in [9.17, 15) is 21.6 Å². The zero-order valence-electron chi connectivity index (χ0n) is 12.4. The van der Waals surface area contributed by atoms with Gasteiger partial charge in [0.2, 0.25) is 10.0 Å². The molecule has 1 atom stereocenters. The Morgan fingerprint density at radius 1 is 1.32 bits per heavy atom. The van der Waals surface area contributed by atoms with Crippen molar-refractivity contribution >= 4 is 10.0 Å². The Bertz CT molecular complexity index is 629. The van der Waals surface area contributed by atoms with Gasteiger partial charge in [-0.05, 0) is 38.5 Å². The van der Waals surface area contributed by atoms with E-state index in [1.807, 2.05) is 13.8 Å². The molecule has 0 aliphatic carbocycles. The van der Waals surface area contributed by atoms with Crippen LogP contribution in [0.5, 0.6) is 0 Å². The van der Waals surface area contributed by atoms with Crippen LogP contribution in [0.25, 0.3) is 0 Å². The lowest BCUT2D eigenvalue weighted by Gasteiger charge is -2.20. The molecule has 0 saturated carbocycles. The van der Waals surface area contributed by atoms with Crippen LogP contribution in [-0.4, -0.2) is 38.5 Å². The summed E-state index contributed by atoms with van der Waals surface area (Å²) in [6, 6.07) is 3.83. The van der Waals surface area contributed by atoms with E-state index in [0.29, 0.717) is 25.1 Å². The summed E-state index contributed by atoms with van der Waals surface area (Å²) in [5.41, 5.74) is -0.967. The SMILES string of the molecule is CC(C)N1CCC(NS(=O)(=O)c2cccc(C(F)(F)F)c2)C1. The van der Waals surface area contributed by atoms with Crippen LogP contribution in [0.4, 0.5) is 13.2 Å². The fourth-order valence-electron chi connectivity index (χ4n) is 2.48. The summed E-state index contributed by atoms with van der Waals surface area (Å²) < 4.78 is 65.0. The topological polar surface area (TPSA) is 49.4 Å². The predicted molar refractivity (Wildman–Crippen MR) is 76.9 cm³/mol. The van der Waals surface area contributed by atoms with Crippen molar-refractivity contribution in [3.63, 3.8) is 0 Å². The molecule has 1 heterocycles. The molecular weight excluding hydrogens is 317 g/mol. The first-order valence-electron chi connectivity index (χ1n) is 7.03. The zero-order chi connectivity index (χ0) is 16.5. The van der Waals surface area contributed by atoms with Crippen molar-refractivity contribution in [2.75, 3.05) is 13.1 Å². The fourth-order valence-corrected chi connectivity index (χ4v) is 3.79. The molecule has 1 aromatic carbocycles.